The zero-order chi connectivity index (χ0) is 16.4. The number of pyridine rings is 1. The summed E-state index contributed by atoms with van der Waals surface area (Å²) in [5.41, 5.74) is 2.58. The normalized spacial score (nSPS) is 11.3. The Bertz CT molecular complexity index is 915. The Kier molecular flexibility index (Phi) is 4.46. The molecule has 1 aromatic carbocycles. The number of benzene rings is 1. The molecule has 0 spiro atoms. The van der Waals surface area contributed by atoms with Crippen LogP contribution in [0.2, 0.25) is 5.15 Å². The van der Waals surface area contributed by atoms with Gasteiger partial charge < -0.3 is 4.74 Å². The highest BCUT2D eigenvalue weighted by Gasteiger charge is 2.07. The van der Waals surface area contributed by atoms with Gasteiger partial charge in [0.15, 0.2) is 5.78 Å². The number of aromatic nitrogens is 1. The van der Waals surface area contributed by atoms with E-state index in [4.69, 9.17) is 16.3 Å². The molecular formula is C18H14ClNO2S. The van der Waals surface area contributed by atoms with Crippen molar-refractivity contribution >= 4 is 45.7 Å². The highest BCUT2D eigenvalue weighted by molar-refractivity contribution is 7.12. The van der Waals surface area contributed by atoms with Crippen LogP contribution in [0.25, 0.3) is 17.0 Å². The summed E-state index contributed by atoms with van der Waals surface area (Å²) in [6.45, 7) is 1.97. The summed E-state index contributed by atoms with van der Waals surface area (Å²) < 4.78 is 5.22. The average molecular weight is 344 g/mol. The molecule has 23 heavy (non-hydrogen) atoms. The van der Waals surface area contributed by atoms with E-state index in [9.17, 15) is 4.79 Å². The van der Waals surface area contributed by atoms with Crippen molar-refractivity contribution in [2.24, 2.45) is 0 Å². The average Bonchev–Trinajstić information content (AvgIpc) is 2.98. The van der Waals surface area contributed by atoms with Crippen molar-refractivity contribution in [2.75, 3.05) is 7.11 Å². The Morgan fingerprint density at radius 2 is 2.13 bits per heavy atom. The Morgan fingerprint density at radius 1 is 1.30 bits per heavy atom. The van der Waals surface area contributed by atoms with Crippen molar-refractivity contribution in [3.63, 3.8) is 0 Å². The van der Waals surface area contributed by atoms with E-state index in [2.05, 4.69) is 4.98 Å². The lowest BCUT2D eigenvalue weighted by molar-refractivity contribution is 0.105. The van der Waals surface area contributed by atoms with Crippen molar-refractivity contribution in [1.82, 2.24) is 4.98 Å². The highest BCUT2D eigenvalue weighted by atomic mass is 35.5. The lowest BCUT2D eigenvalue weighted by Crippen LogP contribution is -1.91. The number of ether oxygens (including phenoxy) is 1. The second-order valence-electron chi connectivity index (χ2n) is 5.11. The first-order chi connectivity index (χ1) is 11.1. The van der Waals surface area contributed by atoms with Gasteiger partial charge in [0, 0.05) is 10.9 Å². The van der Waals surface area contributed by atoms with Crippen molar-refractivity contribution in [3.05, 3.63) is 62.9 Å². The van der Waals surface area contributed by atoms with Crippen LogP contribution < -0.4 is 4.74 Å². The van der Waals surface area contributed by atoms with E-state index in [1.165, 1.54) is 17.4 Å². The molecule has 3 nitrogen and oxygen atoms in total. The van der Waals surface area contributed by atoms with E-state index >= 15 is 0 Å². The van der Waals surface area contributed by atoms with Crippen LogP contribution in [0.3, 0.4) is 0 Å². The number of carbonyl (C=O) groups excluding carboxylic acids is 1. The quantitative estimate of drug-likeness (QED) is 0.373. The summed E-state index contributed by atoms with van der Waals surface area (Å²) in [4.78, 5) is 17.2. The summed E-state index contributed by atoms with van der Waals surface area (Å²) in [7, 11) is 1.62. The number of allylic oxidation sites excluding steroid dienone is 1. The Balaban J connectivity index is 1.94. The number of nitrogens with zero attached hydrogens (tertiary/aromatic N) is 1. The minimum atomic E-state index is -0.0371. The van der Waals surface area contributed by atoms with Crippen LogP contribution in [0.4, 0.5) is 0 Å². The number of fused-ring (bicyclic) bond motifs is 1. The molecule has 0 atom stereocenters. The number of carbonyl (C=O) groups is 1. The maximum atomic E-state index is 12.1. The van der Waals surface area contributed by atoms with Crippen LogP contribution in [-0.2, 0) is 0 Å². The second-order valence-corrected chi connectivity index (χ2v) is 6.38. The number of hydrogen-bond acceptors (Lipinski definition) is 4. The number of methoxy groups -OCH3 is 1. The summed E-state index contributed by atoms with van der Waals surface area (Å²) in [6, 6.07) is 9.36. The largest absolute Gasteiger partial charge is 0.497 e. The van der Waals surface area contributed by atoms with Gasteiger partial charge in [0.2, 0.25) is 0 Å². The third-order valence-corrected chi connectivity index (χ3v) is 4.76. The van der Waals surface area contributed by atoms with Crippen molar-refractivity contribution in [3.8, 4) is 5.75 Å². The van der Waals surface area contributed by atoms with Gasteiger partial charge in [-0.15, -0.1) is 11.3 Å². The van der Waals surface area contributed by atoms with Gasteiger partial charge in [-0.25, -0.2) is 4.98 Å². The fraction of sp³-hybridized carbons (Fsp3) is 0.111. The molecule has 0 fully saturated rings. The molecule has 0 radical (unpaired) electrons. The van der Waals surface area contributed by atoms with E-state index < -0.39 is 0 Å². The first-order valence-corrected chi connectivity index (χ1v) is 8.24. The SMILES string of the molecule is COc1ccc2nc(Cl)c(/C=C/C(=O)c3cc(C)cs3)cc2c1. The molecular weight excluding hydrogens is 330 g/mol. The molecule has 0 saturated carbocycles. The lowest BCUT2D eigenvalue weighted by Gasteiger charge is -2.04. The van der Waals surface area contributed by atoms with Crippen LogP contribution in [0.1, 0.15) is 20.8 Å². The number of halogens is 1. The van der Waals surface area contributed by atoms with Crippen LogP contribution in [0.5, 0.6) is 5.75 Å². The summed E-state index contributed by atoms with van der Waals surface area (Å²) in [5.74, 6) is 0.714. The van der Waals surface area contributed by atoms with Gasteiger partial charge in [0.1, 0.15) is 10.9 Å². The maximum Gasteiger partial charge on any atom is 0.195 e. The highest BCUT2D eigenvalue weighted by Crippen LogP contribution is 2.25. The van der Waals surface area contributed by atoms with Gasteiger partial charge in [-0.05, 0) is 60.4 Å². The molecule has 0 aliphatic rings. The van der Waals surface area contributed by atoms with Crippen LogP contribution in [-0.4, -0.2) is 17.9 Å². The molecule has 3 aromatic rings. The third-order valence-electron chi connectivity index (χ3n) is 3.39. The van der Waals surface area contributed by atoms with Crippen molar-refractivity contribution < 1.29 is 9.53 Å². The fourth-order valence-corrected chi connectivity index (χ4v) is 3.23. The Labute approximate surface area is 143 Å². The first-order valence-electron chi connectivity index (χ1n) is 6.98. The molecule has 5 heteroatoms. The van der Waals surface area contributed by atoms with Crippen molar-refractivity contribution in [2.45, 2.75) is 6.92 Å². The monoisotopic (exact) mass is 343 g/mol. The van der Waals surface area contributed by atoms with E-state index in [1.54, 1.807) is 13.2 Å². The first kappa shape index (κ1) is 15.7. The topological polar surface area (TPSA) is 39.2 Å². The number of aryl methyl sites for hydroxylation is 1. The van der Waals surface area contributed by atoms with Gasteiger partial charge in [-0.2, -0.15) is 0 Å². The van der Waals surface area contributed by atoms with Gasteiger partial charge in [0.05, 0.1) is 17.5 Å². The number of rotatable bonds is 4. The zero-order valence-electron chi connectivity index (χ0n) is 12.7. The molecule has 3 rings (SSSR count). The summed E-state index contributed by atoms with van der Waals surface area (Å²) >= 11 is 7.65. The second kappa shape index (κ2) is 6.52. The van der Waals surface area contributed by atoms with Crippen LogP contribution >= 0.6 is 22.9 Å². The summed E-state index contributed by atoms with van der Waals surface area (Å²) in [5, 5.41) is 3.24. The molecule has 2 heterocycles. The number of thiophene rings is 1. The fourth-order valence-electron chi connectivity index (χ4n) is 2.20. The van der Waals surface area contributed by atoms with Gasteiger partial charge in [0.25, 0.3) is 0 Å². The third kappa shape index (κ3) is 3.44. The molecule has 0 saturated heterocycles. The Hall–Kier alpha value is -2.17. The Morgan fingerprint density at radius 3 is 2.83 bits per heavy atom. The maximum absolute atomic E-state index is 12.1. The molecule has 0 aliphatic carbocycles. The minimum absolute atomic E-state index is 0.0371. The lowest BCUT2D eigenvalue weighted by atomic mass is 10.1. The summed E-state index contributed by atoms with van der Waals surface area (Å²) in [6.07, 6.45) is 3.23. The van der Waals surface area contributed by atoms with Crippen LogP contribution in [0.15, 0.2) is 41.8 Å². The minimum Gasteiger partial charge on any atom is -0.497 e. The number of ketones is 1. The predicted octanol–water partition coefficient (Wildman–Crippen LogP) is 5.16. The van der Waals surface area contributed by atoms with Gasteiger partial charge in [-0.1, -0.05) is 11.6 Å². The smallest absolute Gasteiger partial charge is 0.195 e. The van der Waals surface area contributed by atoms with Crippen molar-refractivity contribution in [1.29, 1.82) is 0 Å². The van der Waals surface area contributed by atoms with E-state index in [0.717, 1.165) is 22.2 Å². The molecule has 0 amide bonds. The molecule has 0 aliphatic heterocycles. The molecule has 0 bridgehead atoms. The van der Waals surface area contributed by atoms with Gasteiger partial charge >= 0.3 is 0 Å². The van der Waals surface area contributed by atoms with Crippen LogP contribution in [0, 0.1) is 6.92 Å². The standard InChI is InChI=1S/C18H14ClNO2S/c1-11-7-17(23-10-11)16(21)6-3-12-8-13-9-14(22-2)4-5-15(13)20-18(12)19/h3-10H,1-2H3/b6-3+. The predicted molar refractivity (Wildman–Crippen MR) is 95.7 cm³/mol. The van der Waals surface area contributed by atoms with E-state index in [-0.39, 0.29) is 5.78 Å². The van der Waals surface area contributed by atoms with E-state index in [0.29, 0.717) is 15.6 Å². The number of hydrogen-bond donors (Lipinski definition) is 0. The molecule has 2 aromatic heterocycles. The van der Waals surface area contributed by atoms with Gasteiger partial charge in [-0.3, -0.25) is 4.79 Å². The molecule has 0 unspecified atom stereocenters. The van der Waals surface area contributed by atoms with E-state index in [1.807, 2.05) is 42.6 Å². The molecule has 0 N–H and O–H groups in total. The zero-order valence-corrected chi connectivity index (χ0v) is 14.2. The molecule has 116 valence electrons.